The van der Waals surface area contributed by atoms with Crippen molar-refractivity contribution in [3.8, 4) is 0 Å². The van der Waals surface area contributed by atoms with Crippen LogP contribution < -0.4 is 16.0 Å². The highest BCUT2D eigenvalue weighted by atomic mass is 15.2. The molecule has 1 atom stereocenters. The molecule has 0 aromatic rings. The van der Waals surface area contributed by atoms with Gasteiger partial charge in [-0.25, -0.2) is 0 Å². The Bertz CT molecular complexity index is 968. The van der Waals surface area contributed by atoms with Crippen molar-refractivity contribution >= 4 is 0 Å². The van der Waals surface area contributed by atoms with Crippen LogP contribution in [0.2, 0.25) is 0 Å². The van der Waals surface area contributed by atoms with E-state index in [0.717, 1.165) is 32.7 Å². The highest BCUT2D eigenvalue weighted by molar-refractivity contribution is 5.01. The molecule has 1 fully saturated rings. The number of unbranched alkanes of at least 4 members (excludes halogenated alkanes) is 52. The van der Waals surface area contributed by atoms with Crippen molar-refractivity contribution < 1.29 is 0 Å². The largest absolute Gasteiger partial charge is 0.314 e. The van der Waals surface area contributed by atoms with E-state index >= 15 is 0 Å². The fourth-order valence-electron chi connectivity index (χ4n) is 13.4. The number of rotatable bonds is 60. The predicted octanol–water partition coefficient (Wildman–Crippen LogP) is 23.3. The molecule has 0 radical (unpaired) electrons. The molecule has 76 heavy (non-hydrogen) atoms. The summed E-state index contributed by atoms with van der Waals surface area (Å²) in [4.78, 5) is 3.18. The average Bonchev–Trinajstić information content (AvgIpc) is 3.43. The normalized spacial score (nSPS) is 15.9. The fourth-order valence-corrected chi connectivity index (χ4v) is 13.4. The van der Waals surface area contributed by atoms with E-state index in [1.165, 1.54) is 392 Å². The van der Waals surface area contributed by atoms with Gasteiger partial charge in [-0.1, -0.05) is 381 Å². The highest BCUT2D eigenvalue weighted by Gasteiger charge is 2.42. The number of nitrogens with one attached hydrogen (secondary N) is 3. The van der Waals surface area contributed by atoms with Gasteiger partial charge in [0.1, 0.15) is 0 Å². The summed E-state index contributed by atoms with van der Waals surface area (Å²) >= 11 is 0. The molecular weight excluding hydrogens is 921 g/mol. The Kier molecular flexibility index (Phi) is 60.7. The van der Waals surface area contributed by atoms with Gasteiger partial charge in [0, 0.05) is 50.8 Å². The maximum absolute atomic E-state index is 4.43. The van der Waals surface area contributed by atoms with E-state index in [1.54, 1.807) is 0 Å². The lowest BCUT2D eigenvalue weighted by atomic mass is 9.75. The summed E-state index contributed by atoms with van der Waals surface area (Å²) in [5.74, 6) is 0. The van der Waals surface area contributed by atoms with E-state index in [-0.39, 0.29) is 5.54 Å². The van der Waals surface area contributed by atoms with Crippen LogP contribution in [0.25, 0.3) is 0 Å². The van der Waals surface area contributed by atoms with Gasteiger partial charge >= 0.3 is 0 Å². The van der Waals surface area contributed by atoms with Crippen molar-refractivity contribution in [3.05, 3.63) is 0 Å². The summed E-state index contributed by atoms with van der Waals surface area (Å²) in [5, 5.41) is 12.2. The number of hydrogen-bond donors (Lipinski definition) is 3. The highest BCUT2D eigenvalue weighted by Crippen LogP contribution is 2.36. The van der Waals surface area contributed by atoms with Crippen LogP contribution in [0.4, 0.5) is 0 Å². The molecule has 1 heterocycles. The minimum atomic E-state index is 0.266. The van der Waals surface area contributed by atoms with Crippen molar-refractivity contribution in [1.82, 2.24) is 20.9 Å². The minimum Gasteiger partial charge on any atom is -0.314 e. The van der Waals surface area contributed by atoms with Crippen LogP contribution in [-0.4, -0.2) is 62.3 Å². The Morgan fingerprint density at radius 1 is 0.263 bits per heavy atom. The average molecular weight is 1070 g/mol. The van der Waals surface area contributed by atoms with Gasteiger partial charge in [-0.15, -0.1) is 0 Å². The maximum Gasteiger partial charge on any atom is 0.0363 e. The molecular formula is C72H148N4. The van der Waals surface area contributed by atoms with Gasteiger partial charge in [0.15, 0.2) is 0 Å². The summed E-state index contributed by atoms with van der Waals surface area (Å²) in [6.45, 7) is 17.4. The molecule has 1 aliphatic heterocycles. The van der Waals surface area contributed by atoms with E-state index in [0.29, 0.717) is 6.04 Å². The van der Waals surface area contributed by atoms with Crippen molar-refractivity contribution in [2.75, 3.05) is 45.8 Å². The van der Waals surface area contributed by atoms with Crippen LogP contribution in [0.1, 0.15) is 407 Å². The molecule has 0 amide bonds. The van der Waals surface area contributed by atoms with Gasteiger partial charge in [-0.3, -0.25) is 4.90 Å². The molecule has 4 heteroatoms. The monoisotopic (exact) mass is 1070 g/mol. The molecule has 3 N–H and O–H groups in total. The molecule has 456 valence electrons. The smallest absolute Gasteiger partial charge is 0.0363 e. The Balaban J connectivity index is 3.07. The fraction of sp³-hybridized carbons (Fsp3) is 1.00. The lowest BCUT2D eigenvalue weighted by molar-refractivity contribution is 0.0225. The topological polar surface area (TPSA) is 39.3 Å². The molecule has 0 spiro atoms. The summed E-state index contributed by atoms with van der Waals surface area (Å²) in [7, 11) is 0. The second-order valence-electron chi connectivity index (χ2n) is 25.8. The molecule has 1 rings (SSSR count). The first-order chi connectivity index (χ1) is 37.7. The Morgan fingerprint density at radius 2 is 0.500 bits per heavy atom. The van der Waals surface area contributed by atoms with Gasteiger partial charge in [-0.05, 0) is 32.2 Å². The van der Waals surface area contributed by atoms with Gasteiger partial charge in [0.2, 0.25) is 0 Å². The number of hydrogen-bond acceptors (Lipinski definition) is 4. The lowest BCUT2D eigenvalue weighted by Gasteiger charge is -2.51. The van der Waals surface area contributed by atoms with Crippen LogP contribution in [0.15, 0.2) is 0 Å². The van der Waals surface area contributed by atoms with Crippen LogP contribution in [0.3, 0.4) is 0 Å². The van der Waals surface area contributed by atoms with Gasteiger partial charge < -0.3 is 16.0 Å². The minimum absolute atomic E-state index is 0.266. The van der Waals surface area contributed by atoms with Crippen molar-refractivity contribution in [3.63, 3.8) is 0 Å². The van der Waals surface area contributed by atoms with Crippen LogP contribution in [0.5, 0.6) is 0 Å². The van der Waals surface area contributed by atoms with Gasteiger partial charge in [-0.2, -0.15) is 0 Å². The second-order valence-corrected chi connectivity index (χ2v) is 25.8. The van der Waals surface area contributed by atoms with E-state index in [1.807, 2.05) is 0 Å². The first-order valence-corrected chi connectivity index (χ1v) is 36.6. The zero-order chi connectivity index (χ0) is 54.4. The standard InChI is InChI=1S/C72H148N4/c1-5-9-13-17-21-25-29-33-37-41-45-49-53-57-61-71-72(62-58-54-50-46-42-38-34-30-26-22-18-14-10-6-2,63-59-55-51-47-43-39-35-31-27-23-19-15-11-7-3)76(70-68-74-65-64-73-66-67-75-71)69-60-56-52-48-44-40-36-32-28-24-20-16-12-8-4/h71,73-75H,5-70H2,1-4H3. The zero-order valence-corrected chi connectivity index (χ0v) is 53.7. The van der Waals surface area contributed by atoms with E-state index in [2.05, 4.69) is 48.5 Å². The third-order valence-electron chi connectivity index (χ3n) is 18.6. The Hall–Kier alpha value is -0.160. The van der Waals surface area contributed by atoms with Crippen LogP contribution >= 0.6 is 0 Å². The molecule has 0 aromatic carbocycles. The first kappa shape index (κ1) is 73.9. The molecule has 1 aliphatic rings. The van der Waals surface area contributed by atoms with Crippen LogP contribution in [-0.2, 0) is 0 Å². The SMILES string of the molecule is CCCCCCCCCCCCCCCCC1NCCNCCNCCN(CCCCCCCCCCCCCCCC)C1(CCCCCCCCCCCCCCCC)CCCCCCCCCCCCCCCC. The molecule has 1 saturated heterocycles. The van der Waals surface area contributed by atoms with Crippen molar-refractivity contribution in [2.24, 2.45) is 0 Å². The maximum atomic E-state index is 4.43. The quantitative estimate of drug-likeness (QED) is 0.0531. The van der Waals surface area contributed by atoms with Crippen molar-refractivity contribution in [2.45, 2.75) is 418 Å². The second kappa shape index (κ2) is 62.4. The summed E-state index contributed by atoms with van der Waals surface area (Å²) in [5.41, 5.74) is 0.266. The van der Waals surface area contributed by atoms with Gasteiger partial charge in [0.05, 0.1) is 0 Å². The molecule has 0 bridgehead atoms. The molecule has 1 unspecified atom stereocenters. The van der Waals surface area contributed by atoms with Gasteiger partial charge in [0.25, 0.3) is 0 Å². The van der Waals surface area contributed by atoms with E-state index in [4.69, 9.17) is 0 Å². The summed E-state index contributed by atoms with van der Waals surface area (Å²) in [6.07, 6.45) is 85.4. The molecule has 4 nitrogen and oxygen atoms in total. The first-order valence-electron chi connectivity index (χ1n) is 36.6. The predicted molar refractivity (Wildman–Crippen MR) is 347 cm³/mol. The molecule has 0 aliphatic carbocycles. The third kappa shape index (κ3) is 48.5. The van der Waals surface area contributed by atoms with E-state index < -0.39 is 0 Å². The van der Waals surface area contributed by atoms with E-state index in [9.17, 15) is 0 Å². The third-order valence-corrected chi connectivity index (χ3v) is 18.6. The van der Waals surface area contributed by atoms with Crippen LogP contribution in [0, 0.1) is 0 Å². The summed E-state index contributed by atoms with van der Waals surface area (Å²) in [6, 6.07) is 0.599. The molecule has 0 saturated carbocycles. The Labute approximate surface area is 482 Å². The lowest BCUT2D eigenvalue weighted by Crippen LogP contribution is -2.63. The Morgan fingerprint density at radius 3 is 0.803 bits per heavy atom. The zero-order valence-electron chi connectivity index (χ0n) is 53.7. The summed E-state index contributed by atoms with van der Waals surface area (Å²) < 4.78 is 0. The number of nitrogens with zero attached hydrogens (tertiary/aromatic N) is 1. The molecule has 0 aromatic heterocycles. The van der Waals surface area contributed by atoms with Crippen molar-refractivity contribution in [1.29, 1.82) is 0 Å².